The molecular weight excluding hydrogens is 226 g/mol. The van der Waals surface area contributed by atoms with Gasteiger partial charge in [-0.3, -0.25) is 4.79 Å². The number of unbranched alkanes of at least 4 members (excludes halogenated alkanes) is 1. The molecule has 0 aromatic heterocycles. The van der Waals surface area contributed by atoms with Crippen molar-refractivity contribution in [1.82, 2.24) is 4.90 Å². The predicted molar refractivity (Wildman–Crippen MR) is 67.3 cm³/mol. The highest BCUT2D eigenvalue weighted by Crippen LogP contribution is 2.06. The first-order chi connectivity index (χ1) is 7.76. The molecule has 94 valence electrons. The van der Waals surface area contributed by atoms with Gasteiger partial charge >= 0.3 is 0 Å². The summed E-state index contributed by atoms with van der Waals surface area (Å²) in [6.45, 7) is 2.50. The largest absolute Gasteiger partial charge is 0.395 e. The molecule has 0 spiro atoms. The van der Waals surface area contributed by atoms with Crippen molar-refractivity contribution in [2.45, 2.75) is 19.8 Å². The maximum atomic E-state index is 11.6. The normalized spacial score (nSPS) is 10.9. The maximum absolute atomic E-state index is 11.6. The number of aliphatic hydroxyl groups is 2. The van der Waals surface area contributed by atoms with Crippen LogP contribution in [0.3, 0.4) is 0 Å². The van der Waals surface area contributed by atoms with Crippen LogP contribution in [0.15, 0.2) is 11.5 Å². The van der Waals surface area contributed by atoms with Gasteiger partial charge in [-0.05, 0) is 17.6 Å². The highest BCUT2D eigenvalue weighted by atomic mass is 32.2. The van der Waals surface area contributed by atoms with Gasteiger partial charge in [-0.1, -0.05) is 13.3 Å². The first kappa shape index (κ1) is 15.5. The Kier molecular flexibility index (Phi) is 10.6. The Morgan fingerprint density at radius 2 is 1.94 bits per heavy atom. The van der Waals surface area contributed by atoms with Crippen LogP contribution in [-0.2, 0) is 4.79 Å². The van der Waals surface area contributed by atoms with Gasteiger partial charge in [-0.15, -0.1) is 11.8 Å². The monoisotopic (exact) mass is 247 g/mol. The van der Waals surface area contributed by atoms with Gasteiger partial charge in [-0.2, -0.15) is 0 Å². The molecule has 5 heteroatoms. The highest BCUT2D eigenvalue weighted by Gasteiger charge is 2.08. The molecule has 0 saturated heterocycles. The van der Waals surface area contributed by atoms with E-state index in [0.717, 1.165) is 18.6 Å². The molecule has 2 N–H and O–H groups in total. The van der Waals surface area contributed by atoms with Crippen LogP contribution in [-0.4, -0.2) is 53.1 Å². The molecule has 0 heterocycles. The fourth-order valence-electron chi connectivity index (χ4n) is 1.08. The van der Waals surface area contributed by atoms with Crippen molar-refractivity contribution in [3.63, 3.8) is 0 Å². The summed E-state index contributed by atoms with van der Waals surface area (Å²) in [5.41, 5.74) is 0. The van der Waals surface area contributed by atoms with Crippen LogP contribution in [0.5, 0.6) is 0 Å². The number of aliphatic hydroxyl groups excluding tert-OH is 2. The lowest BCUT2D eigenvalue weighted by atomic mass is 10.4. The molecule has 16 heavy (non-hydrogen) atoms. The Balaban J connectivity index is 3.88. The van der Waals surface area contributed by atoms with Crippen LogP contribution in [0.2, 0.25) is 0 Å². The van der Waals surface area contributed by atoms with E-state index in [-0.39, 0.29) is 32.2 Å². The van der Waals surface area contributed by atoms with Gasteiger partial charge in [0.1, 0.15) is 0 Å². The van der Waals surface area contributed by atoms with Crippen molar-refractivity contribution in [2.24, 2.45) is 0 Å². The number of hydrogen-bond acceptors (Lipinski definition) is 4. The van der Waals surface area contributed by atoms with Gasteiger partial charge in [0.15, 0.2) is 0 Å². The van der Waals surface area contributed by atoms with Gasteiger partial charge in [-0.25, -0.2) is 0 Å². The van der Waals surface area contributed by atoms with Crippen molar-refractivity contribution < 1.29 is 15.0 Å². The third-order valence-electron chi connectivity index (χ3n) is 1.97. The maximum Gasteiger partial charge on any atom is 0.247 e. The number of nitrogens with zero attached hydrogens (tertiary/aromatic N) is 1. The fraction of sp³-hybridized carbons (Fsp3) is 0.727. The molecule has 0 aliphatic carbocycles. The molecule has 0 radical (unpaired) electrons. The van der Waals surface area contributed by atoms with Gasteiger partial charge in [0.05, 0.1) is 13.2 Å². The molecular formula is C11H21NO3S. The highest BCUT2D eigenvalue weighted by molar-refractivity contribution is 8.02. The summed E-state index contributed by atoms with van der Waals surface area (Å²) in [6.07, 6.45) is 3.78. The summed E-state index contributed by atoms with van der Waals surface area (Å²) in [4.78, 5) is 13.0. The Hall–Kier alpha value is -0.520. The molecule has 4 nitrogen and oxygen atoms in total. The second-order valence-corrected chi connectivity index (χ2v) is 4.31. The topological polar surface area (TPSA) is 60.8 Å². The first-order valence-corrected chi connectivity index (χ1v) is 6.59. The number of carbonyl (C=O) groups excluding carboxylic acids is 1. The molecule has 0 saturated carbocycles. The van der Waals surface area contributed by atoms with E-state index < -0.39 is 0 Å². The standard InChI is InChI=1S/C11H21NO3S/c1-2-3-9-16-10-4-11(15)12(5-7-13)6-8-14/h4,10,13-14H,2-3,5-9H2,1H3. The van der Waals surface area contributed by atoms with Crippen LogP contribution in [0.25, 0.3) is 0 Å². The molecule has 0 fully saturated rings. The van der Waals surface area contributed by atoms with E-state index >= 15 is 0 Å². The van der Waals surface area contributed by atoms with E-state index in [1.54, 1.807) is 17.2 Å². The fourth-order valence-corrected chi connectivity index (χ4v) is 1.89. The Morgan fingerprint density at radius 1 is 1.31 bits per heavy atom. The minimum Gasteiger partial charge on any atom is -0.395 e. The molecule has 0 aliphatic rings. The summed E-state index contributed by atoms with van der Waals surface area (Å²) >= 11 is 1.61. The quantitative estimate of drug-likeness (QED) is 0.468. The number of amides is 1. The van der Waals surface area contributed by atoms with E-state index in [9.17, 15) is 4.79 Å². The van der Waals surface area contributed by atoms with Crippen LogP contribution in [0.4, 0.5) is 0 Å². The van der Waals surface area contributed by atoms with Gasteiger partial charge in [0.25, 0.3) is 0 Å². The van der Waals surface area contributed by atoms with E-state index in [0.29, 0.717) is 0 Å². The van der Waals surface area contributed by atoms with Crippen LogP contribution >= 0.6 is 11.8 Å². The molecule has 0 unspecified atom stereocenters. The van der Waals surface area contributed by atoms with E-state index in [4.69, 9.17) is 10.2 Å². The van der Waals surface area contributed by atoms with Crippen LogP contribution in [0.1, 0.15) is 19.8 Å². The molecule has 0 aromatic carbocycles. The first-order valence-electron chi connectivity index (χ1n) is 5.55. The van der Waals surface area contributed by atoms with Crippen LogP contribution < -0.4 is 0 Å². The molecule has 0 rings (SSSR count). The van der Waals surface area contributed by atoms with E-state index in [1.165, 1.54) is 11.0 Å². The average Bonchev–Trinajstić information content (AvgIpc) is 2.28. The van der Waals surface area contributed by atoms with Gasteiger partial charge < -0.3 is 15.1 Å². The summed E-state index contributed by atoms with van der Waals surface area (Å²) in [5.74, 6) is 0.854. The second kappa shape index (κ2) is 11.0. The van der Waals surface area contributed by atoms with Gasteiger partial charge in [0.2, 0.25) is 5.91 Å². The lowest BCUT2D eigenvalue weighted by Gasteiger charge is -2.18. The third kappa shape index (κ3) is 7.73. The molecule has 0 atom stereocenters. The summed E-state index contributed by atoms with van der Waals surface area (Å²) in [6, 6.07) is 0. The zero-order chi connectivity index (χ0) is 12.2. The number of rotatable bonds is 9. The second-order valence-electron chi connectivity index (χ2n) is 3.30. The van der Waals surface area contributed by atoms with Crippen molar-refractivity contribution in [3.8, 4) is 0 Å². The minimum absolute atomic E-state index is 0.0808. The van der Waals surface area contributed by atoms with Crippen LogP contribution in [0, 0.1) is 0 Å². The Morgan fingerprint density at radius 3 is 2.44 bits per heavy atom. The van der Waals surface area contributed by atoms with Crippen molar-refractivity contribution in [3.05, 3.63) is 11.5 Å². The molecule has 0 bridgehead atoms. The van der Waals surface area contributed by atoms with Crippen molar-refractivity contribution >= 4 is 17.7 Å². The molecule has 0 aromatic rings. The zero-order valence-electron chi connectivity index (χ0n) is 9.76. The zero-order valence-corrected chi connectivity index (χ0v) is 10.6. The van der Waals surface area contributed by atoms with E-state index in [2.05, 4.69) is 6.92 Å². The lowest BCUT2D eigenvalue weighted by molar-refractivity contribution is -0.127. The summed E-state index contributed by atoms with van der Waals surface area (Å²) in [7, 11) is 0. The number of hydrogen-bond donors (Lipinski definition) is 2. The minimum atomic E-state index is -0.160. The smallest absolute Gasteiger partial charge is 0.247 e. The molecule has 0 aliphatic heterocycles. The Bertz CT molecular complexity index is 203. The SMILES string of the molecule is CCCCSC=CC(=O)N(CCO)CCO. The molecule has 1 amide bonds. The van der Waals surface area contributed by atoms with Crippen molar-refractivity contribution in [1.29, 1.82) is 0 Å². The van der Waals surface area contributed by atoms with Gasteiger partial charge in [0, 0.05) is 19.2 Å². The van der Waals surface area contributed by atoms with E-state index in [1.807, 2.05) is 0 Å². The predicted octanol–water partition coefficient (Wildman–Crippen LogP) is 0.847. The lowest BCUT2D eigenvalue weighted by Crippen LogP contribution is -2.34. The number of carbonyl (C=O) groups is 1. The third-order valence-corrected chi connectivity index (χ3v) is 2.83. The number of thioether (sulfide) groups is 1. The summed E-state index contributed by atoms with van der Waals surface area (Å²) in [5, 5.41) is 19.3. The van der Waals surface area contributed by atoms with Crippen molar-refractivity contribution in [2.75, 3.05) is 32.1 Å². The summed E-state index contributed by atoms with van der Waals surface area (Å²) < 4.78 is 0. The average molecular weight is 247 g/mol. The Labute approximate surface area is 101 Å².